The predicted molar refractivity (Wildman–Crippen MR) is 31.1 cm³/mol. The minimum atomic E-state index is 0. The van der Waals surface area contributed by atoms with Crippen molar-refractivity contribution in [3.8, 4) is 0 Å². The zero-order valence-corrected chi connectivity index (χ0v) is 5.76. The van der Waals surface area contributed by atoms with Gasteiger partial charge in [0.2, 0.25) is 0 Å². The van der Waals surface area contributed by atoms with Crippen molar-refractivity contribution in [3.05, 3.63) is 0 Å². The summed E-state index contributed by atoms with van der Waals surface area (Å²) < 4.78 is 0. The van der Waals surface area contributed by atoms with Gasteiger partial charge in [-0.15, -0.1) is 0 Å². The zero-order chi connectivity index (χ0) is 3.58. The minimum absolute atomic E-state index is 0. The van der Waals surface area contributed by atoms with Crippen molar-refractivity contribution in [2.45, 2.75) is 0 Å². The van der Waals surface area contributed by atoms with Crippen LogP contribution in [0.4, 0.5) is 0 Å². The summed E-state index contributed by atoms with van der Waals surface area (Å²) in [6, 6.07) is 0. The molecule has 0 heterocycles. The third kappa shape index (κ3) is 186. The van der Waals surface area contributed by atoms with E-state index in [1.165, 1.54) is 0 Å². The monoisotopic (exact) mass is 97.1 g/mol. The summed E-state index contributed by atoms with van der Waals surface area (Å²) in [6.45, 7) is 0. The maximum atomic E-state index is 2.00. The van der Waals surface area contributed by atoms with Crippen LogP contribution in [0.5, 0.6) is 0 Å². The average molecular weight is 96.9 g/mol. The molecule has 32 valence electrons. The van der Waals surface area contributed by atoms with E-state index >= 15 is 0 Å². The van der Waals surface area contributed by atoms with Crippen LogP contribution in [0.25, 0.3) is 0 Å². The number of nitrogens with zero attached hydrogens (tertiary/aromatic N) is 1. The second-order valence-corrected chi connectivity index (χ2v) is 1.34. The quantitative estimate of drug-likeness (QED) is 0.365. The third-order valence-corrected chi connectivity index (χ3v) is 0. The van der Waals surface area contributed by atoms with Gasteiger partial charge in [0.05, 0.1) is 0 Å². The topological polar surface area (TPSA) is 3.24 Å². The van der Waals surface area contributed by atoms with Gasteiger partial charge in [0, 0.05) is 25.8 Å². The first-order valence-electron chi connectivity index (χ1n) is 1.34. The molecule has 0 saturated carbocycles. The van der Waals surface area contributed by atoms with E-state index in [9.17, 15) is 0 Å². The fraction of sp³-hybridized carbons (Fsp3) is 1.00. The third-order valence-electron chi connectivity index (χ3n) is 0. The largest absolute Gasteiger partial charge is 0.312 e. The van der Waals surface area contributed by atoms with Crippen molar-refractivity contribution in [2.24, 2.45) is 0 Å². The molecule has 0 N–H and O–H groups in total. The Morgan fingerprint density at radius 2 is 1.00 bits per heavy atom. The van der Waals surface area contributed by atoms with E-state index in [0.29, 0.717) is 0 Å². The molecule has 0 aliphatic heterocycles. The smallest absolute Gasteiger partial charge is 0 e. The Morgan fingerprint density at radius 3 is 1.00 bits per heavy atom. The summed E-state index contributed by atoms with van der Waals surface area (Å²) in [5.41, 5.74) is 0. The van der Waals surface area contributed by atoms with Crippen LogP contribution in [0.3, 0.4) is 0 Å². The summed E-state index contributed by atoms with van der Waals surface area (Å²) in [5, 5.41) is 0. The van der Waals surface area contributed by atoms with E-state index in [2.05, 4.69) is 0 Å². The summed E-state index contributed by atoms with van der Waals surface area (Å²) in [4.78, 5) is 2.00. The van der Waals surface area contributed by atoms with Gasteiger partial charge in [-0.1, -0.05) is 0 Å². The minimum Gasteiger partial charge on any atom is -0.312 e. The molecule has 0 aliphatic carbocycles. The molecule has 0 spiro atoms. The van der Waals surface area contributed by atoms with Gasteiger partial charge in [-0.05, 0) is 21.1 Å². The molecule has 0 aromatic rings. The van der Waals surface area contributed by atoms with Gasteiger partial charge >= 0.3 is 0 Å². The van der Waals surface area contributed by atoms with Gasteiger partial charge in [0.15, 0.2) is 0 Å². The van der Waals surface area contributed by atoms with Crippen molar-refractivity contribution < 1.29 is 0 Å². The lowest BCUT2D eigenvalue weighted by molar-refractivity contribution is 0.505. The molecule has 0 amide bonds. The second-order valence-electron chi connectivity index (χ2n) is 1.34. The Balaban J connectivity index is -0.0000000450. The average Bonchev–Trinajstić information content (AvgIpc) is 0.811. The highest BCUT2D eigenvalue weighted by molar-refractivity contribution is 5.76. The molecule has 0 unspecified atom stereocenters. The van der Waals surface area contributed by atoms with Crippen LogP contribution < -0.4 is 0 Å². The van der Waals surface area contributed by atoms with E-state index in [1.807, 2.05) is 26.0 Å². The van der Waals surface area contributed by atoms with E-state index < -0.39 is 0 Å². The zero-order valence-electron chi connectivity index (χ0n) is 4.60. The molecular weight excluding hydrogens is 87.8 g/mol. The molecule has 0 fully saturated rings. The summed E-state index contributed by atoms with van der Waals surface area (Å²) in [6.07, 6.45) is 0. The first-order valence-corrected chi connectivity index (χ1v) is 1.34. The van der Waals surface area contributed by atoms with E-state index in [0.717, 1.165) is 0 Å². The summed E-state index contributed by atoms with van der Waals surface area (Å²) >= 11 is 0. The van der Waals surface area contributed by atoms with Crippen molar-refractivity contribution in [1.29, 1.82) is 0 Å². The van der Waals surface area contributed by atoms with E-state index in [4.69, 9.17) is 0 Å². The lowest BCUT2D eigenvalue weighted by atomic mass is 10.8. The van der Waals surface area contributed by atoms with E-state index in [-0.39, 0.29) is 25.8 Å². The van der Waals surface area contributed by atoms with Gasteiger partial charge in [-0.3, -0.25) is 0 Å². The standard InChI is InChI=1S/C3H9N.Al.B/c1-4(2)3;;/h1-3H3;;. The Morgan fingerprint density at radius 1 is 1.00 bits per heavy atom. The lowest BCUT2D eigenvalue weighted by Crippen LogP contribution is -1.99. The molecule has 0 aromatic carbocycles. The Kier molecular flexibility index (Phi) is 24.3. The predicted octanol–water partition coefficient (Wildman–Crippen LogP) is -0.584. The van der Waals surface area contributed by atoms with Gasteiger partial charge < -0.3 is 4.90 Å². The Labute approximate surface area is 52.4 Å². The van der Waals surface area contributed by atoms with Crippen LogP contribution in [-0.4, -0.2) is 51.8 Å². The Bertz CT molecular complexity index is 15.5. The van der Waals surface area contributed by atoms with Crippen LogP contribution in [0.1, 0.15) is 0 Å². The van der Waals surface area contributed by atoms with Gasteiger partial charge in [0.25, 0.3) is 0 Å². The highest BCUT2D eigenvalue weighted by Crippen LogP contribution is 1.47. The number of hydrogen-bond donors (Lipinski definition) is 0. The molecular formula is C3H9AlBN. The van der Waals surface area contributed by atoms with Gasteiger partial charge in [-0.2, -0.15) is 0 Å². The fourth-order valence-electron chi connectivity index (χ4n) is 0. The molecule has 0 rings (SSSR count). The molecule has 6 heavy (non-hydrogen) atoms. The number of rotatable bonds is 0. The second kappa shape index (κ2) is 9.12. The molecule has 0 aliphatic rings. The SMILES string of the molecule is CN(C)C.[Al].[B]. The van der Waals surface area contributed by atoms with Crippen LogP contribution >= 0.6 is 0 Å². The fourth-order valence-corrected chi connectivity index (χ4v) is 0. The Hall–Kier alpha value is 0.557. The molecule has 1 nitrogen and oxygen atoms in total. The maximum Gasteiger partial charge on any atom is 0 e. The molecule has 6 radical (unpaired) electrons. The lowest BCUT2D eigenvalue weighted by Gasteiger charge is -1.90. The first kappa shape index (κ1) is 16.0. The normalized spacial score (nSPS) is 6.00. The van der Waals surface area contributed by atoms with Crippen LogP contribution in [0.15, 0.2) is 0 Å². The molecule has 0 atom stereocenters. The highest BCUT2D eigenvalue weighted by atomic mass is 27.0. The highest BCUT2D eigenvalue weighted by Gasteiger charge is 1.58. The van der Waals surface area contributed by atoms with Gasteiger partial charge in [-0.25, -0.2) is 0 Å². The molecule has 0 aromatic heterocycles. The van der Waals surface area contributed by atoms with Crippen molar-refractivity contribution in [1.82, 2.24) is 4.90 Å². The number of hydrogen-bond acceptors (Lipinski definition) is 1. The summed E-state index contributed by atoms with van der Waals surface area (Å²) in [5.74, 6) is 0. The first-order chi connectivity index (χ1) is 1.73. The van der Waals surface area contributed by atoms with Crippen molar-refractivity contribution in [2.75, 3.05) is 21.1 Å². The molecule has 0 bridgehead atoms. The summed E-state index contributed by atoms with van der Waals surface area (Å²) in [7, 11) is 6.00. The molecule has 3 heteroatoms. The van der Waals surface area contributed by atoms with E-state index in [1.54, 1.807) is 0 Å². The maximum absolute atomic E-state index is 2.00. The van der Waals surface area contributed by atoms with Crippen LogP contribution in [-0.2, 0) is 0 Å². The van der Waals surface area contributed by atoms with Crippen molar-refractivity contribution >= 4 is 25.8 Å². The molecule has 0 saturated heterocycles. The van der Waals surface area contributed by atoms with Crippen LogP contribution in [0, 0.1) is 0 Å². The van der Waals surface area contributed by atoms with Crippen molar-refractivity contribution in [3.63, 3.8) is 0 Å². The van der Waals surface area contributed by atoms with Gasteiger partial charge in [0.1, 0.15) is 0 Å². The van der Waals surface area contributed by atoms with Crippen LogP contribution in [0.2, 0.25) is 0 Å².